The molecule has 116 valence electrons. The van der Waals surface area contributed by atoms with Gasteiger partial charge in [-0.1, -0.05) is 6.92 Å². The highest BCUT2D eigenvalue weighted by Crippen LogP contribution is 2.23. The monoisotopic (exact) mass is 284 g/mol. The summed E-state index contributed by atoms with van der Waals surface area (Å²) in [5, 5.41) is 12.3. The maximum absolute atomic E-state index is 12.1. The Hall–Kier alpha value is -0.650. The van der Waals surface area contributed by atoms with Crippen molar-refractivity contribution in [3.05, 3.63) is 0 Å². The van der Waals surface area contributed by atoms with Crippen LogP contribution in [0, 0.1) is 5.92 Å². The summed E-state index contributed by atoms with van der Waals surface area (Å²) >= 11 is 0. The molecule has 2 atom stereocenters. The van der Waals surface area contributed by atoms with Crippen molar-refractivity contribution < 1.29 is 14.6 Å². The number of nitrogens with one attached hydrogen (secondary N) is 1. The van der Waals surface area contributed by atoms with E-state index in [-0.39, 0.29) is 24.7 Å². The molecular formula is C15H28N2O3. The Balaban J connectivity index is 1.75. The number of carbonyl (C=O) groups is 1. The minimum absolute atomic E-state index is 0.0192. The average Bonchev–Trinajstić information content (AvgIpc) is 2.44. The van der Waals surface area contributed by atoms with E-state index >= 15 is 0 Å². The number of ether oxygens (including phenoxy) is 1. The quantitative estimate of drug-likeness (QED) is 0.800. The van der Waals surface area contributed by atoms with Crippen LogP contribution in [-0.4, -0.2) is 60.4 Å². The summed E-state index contributed by atoms with van der Waals surface area (Å²) in [5.74, 6) is 0.905. The molecule has 0 aromatic heterocycles. The lowest BCUT2D eigenvalue weighted by molar-refractivity contribution is -0.128. The van der Waals surface area contributed by atoms with Gasteiger partial charge in [0.15, 0.2) is 0 Å². The standard InChI is InChI=1S/C15H28N2O3/c1-11-3-5-13(6-4-11)16-15(19)8-17-7-14(9-18)20-10-12(17)2/h11-14,18H,3-10H2,1-2H3,(H,16,19). The molecule has 1 heterocycles. The fourth-order valence-corrected chi connectivity index (χ4v) is 3.07. The fourth-order valence-electron chi connectivity index (χ4n) is 3.07. The maximum atomic E-state index is 12.1. The molecule has 2 N–H and O–H groups in total. The van der Waals surface area contributed by atoms with Crippen LogP contribution in [0.25, 0.3) is 0 Å². The second kappa shape index (κ2) is 7.38. The fraction of sp³-hybridized carbons (Fsp3) is 0.933. The number of aliphatic hydroxyl groups excluding tert-OH is 1. The summed E-state index contributed by atoms with van der Waals surface area (Å²) in [5.41, 5.74) is 0. The highest BCUT2D eigenvalue weighted by atomic mass is 16.5. The summed E-state index contributed by atoms with van der Waals surface area (Å²) in [4.78, 5) is 14.2. The van der Waals surface area contributed by atoms with E-state index in [9.17, 15) is 4.79 Å². The smallest absolute Gasteiger partial charge is 0.234 e. The van der Waals surface area contributed by atoms with Crippen LogP contribution >= 0.6 is 0 Å². The SMILES string of the molecule is CC1CCC(NC(=O)CN2CC(CO)OCC2C)CC1. The molecule has 2 unspecified atom stereocenters. The van der Waals surface area contributed by atoms with Gasteiger partial charge in [-0.05, 0) is 38.5 Å². The van der Waals surface area contributed by atoms with Crippen molar-refractivity contribution in [2.24, 2.45) is 5.92 Å². The highest BCUT2D eigenvalue weighted by molar-refractivity contribution is 5.78. The van der Waals surface area contributed by atoms with Gasteiger partial charge in [-0.25, -0.2) is 0 Å². The van der Waals surface area contributed by atoms with E-state index in [1.54, 1.807) is 0 Å². The molecule has 0 aromatic rings. The third-order valence-electron chi connectivity index (χ3n) is 4.57. The van der Waals surface area contributed by atoms with Crippen molar-refractivity contribution >= 4 is 5.91 Å². The van der Waals surface area contributed by atoms with Crippen molar-refractivity contribution in [2.75, 3.05) is 26.3 Å². The number of hydrogen-bond donors (Lipinski definition) is 2. The van der Waals surface area contributed by atoms with Crippen LogP contribution in [0.3, 0.4) is 0 Å². The molecule has 5 nitrogen and oxygen atoms in total. The first-order valence-corrected chi connectivity index (χ1v) is 7.84. The van der Waals surface area contributed by atoms with Crippen molar-refractivity contribution in [2.45, 2.75) is 57.7 Å². The van der Waals surface area contributed by atoms with Gasteiger partial charge >= 0.3 is 0 Å². The molecule has 0 radical (unpaired) electrons. The number of amides is 1. The summed E-state index contributed by atoms with van der Waals surface area (Å²) in [6.45, 7) is 5.98. The van der Waals surface area contributed by atoms with Gasteiger partial charge in [0, 0.05) is 18.6 Å². The summed E-state index contributed by atoms with van der Waals surface area (Å²) in [7, 11) is 0. The zero-order chi connectivity index (χ0) is 14.5. The third-order valence-corrected chi connectivity index (χ3v) is 4.57. The Morgan fingerprint density at radius 1 is 1.30 bits per heavy atom. The summed E-state index contributed by atoms with van der Waals surface area (Å²) < 4.78 is 5.49. The van der Waals surface area contributed by atoms with Gasteiger partial charge in [-0.3, -0.25) is 9.69 Å². The lowest BCUT2D eigenvalue weighted by Gasteiger charge is -2.37. The first-order valence-electron chi connectivity index (χ1n) is 7.84. The predicted molar refractivity (Wildman–Crippen MR) is 77.4 cm³/mol. The van der Waals surface area contributed by atoms with E-state index in [0.717, 1.165) is 18.8 Å². The van der Waals surface area contributed by atoms with E-state index in [2.05, 4.69) is 24.1 Å². The zero-order valence-corrected chi connectivity index (χ0v) is 12.7. The van der Waals surface area contributed by atoms with Gasteiger partial charge in [0.05, 0.1) is 25.9 Å². The summed E-state index contributed by atoms with van der Waals surface area (Å²) in [6, 6.07) is 0.582. The van der Waals surface area contributed by atoms with E-state index < -0.39 is 0 Å². The van der Waals surface area contributed by atoms with Crippen LogP contribution in [-0.2, 0) is 9.53 Å². The number of hydrogen-bond acceptors (Lipinski definition) is 4. The molecule has 0 spiro atoms. The average molecular weight is 284 g/mol. The Labute approximate surface area is 121 Å². The zero-order valence-electron chi connectivity index (χ0n) is 12.7. The number of rotatable bonds is 4. The van der Waals surface area contributed by atoms with Gasteiger partial charge in [0.2, 0.25) is 5.91 Å². The molecular weight excluding hydrogens is 256 g/mol. The molecule has 5 heteroatoms. The van der Waals surface area contributed by atoms with Gasteiger partial charge < -0.3 is 15.2 Å². The molecule has 2 rings (SSSR count). The van der Waals surface area contributed by atoms with Crippen LogP contribution in [0.15, 0.2) is 0 Å². The predicted octanol–water partition coefficient (Wildman–Crippen LogP) is 0.763. The van der Waals surface area contributed by atoms with Crippen molar-refractivity contribution in [3.8, 4) is 0 Å². The van der Waals surface area contributed by atoms with E-state index in [1.165, 1.54) is 12.8 Å². The molecule has 0 aromatic carbocycles. The van der Waals surface area contributed by atoms with E-state index in [1.807, 2.05) is 0 Å². The molecule has 1 amide bonds. The lowest BCUT2D eigenvalue weighted by Crippen LogP contribution is -2.53. The Bertz CT molecular complexity index is 316. The van der Waals surface area contributed by atoms with Crippen molar-refractivity contribution in [1.29, 1.82) is 0 Å². The Kier molecular flexibility index (Phi) is 5.81. The van der Waals surface area contributed by atoms with Gasteiger partial charge in [0.25, 0.3) is 0 Å². The Morgan fingerprint density at radius 3 is 2.65 bits per heavy atom. The Morgan fingerprint density at radius 2 is 2.00 bits per heavy atom. The van der Waals surface area contributed by atoms with Gasteiger partial charge in [-0.2, -0.15) is 0 Å². The van der Waals surface area contributed by atoms with Gasteiger partial charge in [0.1, 0.15) is 0 Å². The van der Waals surface area contributed by atoms with E-state index in [0.29, 0.717) is 25.7 Å². The molecule has 20 heavy (non-hydrogen) atoms. The normalized spacial score (nSPS) is 35.8. The molecule has 2 aliphatic rings. The third kappa shape index (κ3) is 4.43. The second-order valence-electron chi connectivity index (χ2n) is 6.44. The van der Waals surface area contributed by atoms with Crippen LogP contribution in [0.5, 0.6) is 0 Å². The van der Waals surface area contributed by atoms with Gasteiger partial charge in [-0.15, -0.1) is 0 Å². The minimum Gasteiger partial charge on any atom is -0.394 e. The second-order valence-corrected chi connectivity index (χ2v) is 6.44. The molecule has 1 saturated heterocycles. The van der Waals surface area contributed by atoms with Crippen LogP contribution in [0.4, 0.5) is 0 Å². The number of nitrogens with zero attached hydrogens (tertiary/aromatic N) is 1. The van der Waals surface area contributed by atoms with Crippen LogP contribution in [0.2, 0.25) is 0 Å². The van der Waals surface area contributed by atoms with Crippen molar-refractivity contribution in [1.82, 2.24) is 10.2 Å². The number of morpholine rings is 1. The van der Waals surface area contributed by atoms with Crippen LogP contribution < -0.4 is 5.32 Å². The molecule has 2 fully saturated rings. The summed E-state index contributed by atoms with van der Waals surface area (Å²) in [6.07, 6.45) is 4.47. The number of carbonyl (C=O) groups excluding carboxylic acids is 1. The first kappa shape index (κ1) is 15.7. The first-order chi connectivity index (χ1) is 9.58. The van der Waals surface area contributed by atoms with E-state index in [4.69, 9.17) is 9.84 Å². The molecule has 1 saturated carbocycles. The molecule has 1 aliphatic carbocycles. The maximum Gasteiger partial charge on any atom is 0.234 e. The van der Waals surface area contributed by atoms with Crippen LogP contribution in [0.1, 0.15) is 39.5 Å². The largest absolute Gasteiger partial charge is 0.394 e. The van der Waals surface area contributed by atoms with Crippen molar-refractivity contribution in [3.63, 3.8) is 0 Å². The topological polar surface area (TPSA) is 61.8 Å². The lowest BCUT2D eigenvalue weighted by atomic mass is 9.87. The minimum atomic E-state index is -0.158. The molecule has 1 aliphatic heterocycles. The number of aliphatic hydroxyl groups is 1. The molecule has 0 bridgehead atoms. The highest BCUT2D eigenvalue weighted by Gasteiger charge is 2.28.